The number of carbonyl (C=O) groups is 1. The van der Waals surface area contributed by atoms with E-state index >= 15 is 0 Å². The van der Waals surface area contributed by atoms with E-state index in [0.717, 1.165) is 3.57 Å². The smallest absolute Gasteiger partial charge is 0.356 e. The quantitative estimate of drug-likeness (QED) is 0.569. The summed E-state index contributed by atoms with van der Waals surface area (Å²) < 4.78 is 5.46. The van der Waals surface area contributed by atoms with E-state index in [9.17, 15) is 4.79 Å². The van der Waals surface area contributed by atoms with Gasteiger partial charge in [0.1, 0.15) is 5.69 Å². The van der Waals surface area contributed by atoms with Crippen LogP contribution in [0.4, 0.5) is 0 Å². The van der Waals surface area contributed by atoms with Gasteiger partial charge in [-0.2, -0.15) is 0 Å². The topological polar surface area (TPSA) is 39.2 Å². The molecule has 0 aliphatic heterocycles. The molecule has 0 saturated heterocycles. The van der Waals surface area contributed by atoms with Crippen LogP contribution in [0.5, 0.6) is 0 Å². The van der Waals surface area contributed by atoms with Crippen LogP contribution in [0, 0.1) is 3.57 Å². The number of carbonyl (C=O) groups excluding carboxylic acids is 1. The Morgan fingerprint density at radius 3 is 3.00 bits per heavy atom. The Bertz CT molecular complexity index is 275. The molecule has 1 heterocycles. The molecule has 1 aromatic rings. The summed E-state index contributed by atoms with van der Waals surface area (Å²) in [6.07, 6.45) is 1.58. The summed E-state index contributed by atoms with van der Waals surface area (Å²) in [5.74, 6) is -0.400. The zero-order valence-corrected chi connectivity index (χ0v) is 8.03. The van der Waals surface area contributed by atoms with Crippen molar-refractivity contribution in [3.8, 4) is 0 Å². The molecule has 3 nitrogen and oxygen atoms in total. The minimum atomic E-state index is -0.400. The predicted molar refractivity (Wildman–Crippen MR) is 48.3 cm³/mol. The first-order valence-electron chi connectivity index (χ1n) is 2.94. The van der Waals surface area contributed by atoms with Gasteiger partial charge in [-0.3, -0.25) is 0 Å². The number of nitrogens with zero attached hydrogens (tertiary/aromatic N) is 1. The van der Waals surface area contributed by atoms with E-state index in [4.69, 9.17) is 0 Å². The Hall–Kier alpha value is -0.650. The van der Waals surface area contributed by atoms with Gasteiger partial charge in [0.2, 0.25) is 0 Å². The second kappa shape index (κ2) is 3.66. The molecule has 1 rings (SSSR count). The molecule has 0 amide bonds. The molecule has 0 aliphatic rings. The maximum atomic E-state index is 10.9. The van der Waals surface area contributed by atoms with Crippen LogP contribution in [-0.2, 0) is 4.74 Å². The number of esters is 1. The lowest BCUT2D eigenvalue weighted by atomic mass is 10.4. The summed E-state index contributed by atoms with van der Waals surface area (Å²) in [6.45, 7) is 0. The fraction of sp³-hybridized carbons (Fsp3) is 0.143. The lowest BCUT2D eigenvalue weighted by Gasteiger charge is -1.96. The summed E-state index contributed by atoms with van der Waals surface area (Å²) >= 11 is 2.11. The van der Waals surface area contributed by atoms with Crippen LogP contribution in [-0.4, -0.2) is 18.1 Å². The molecule has 58 valence electrons. The first-order valence-corrected chi connectivity index (χ1v) is 4.02. The third-order valence-corrected chi connectivity index (χ3v) is 1.79. The van der Waals surface area contributed by atoms with E-state index in [1.165, 1.54) is 7.11 Å². The Morgan fingerprint density at radius 2 is 2.45 bits per heavy atom. The van der Waals surface area contributed by atoms with Gasteiger partial charge in [0.15, 0.2) is 0 Å². The Morgan fingerprint density at radius 1 is 1.73 bits per heavy atom. The normalized spacial score (nSPS) is 9.27. The summed E-state index contributed by atoms with van der Waals surface area (Å²) in [5, 5.41) is 0. The highest BCUT2D eigenvalue weighted by Gasteiger charge is 2.05. The number of aromatic nitrogens is 1. The molecule has 0 aromatic carbocycles. The summed E-state index contributed by atoms with van der Waals surface area (Å²) in [5.41, 5.74) is 0.347. The van der Waals surface area contributed by atoms with Crippen molar-refractivity contribution in [1.29, 1.82) is 0 Å². The molecule has 0 radical (unpaired) electrons. The molecule has 1 aromatic heterocycles. The Balaban J connectivity index is 2.96. The monoisotopic (exact) mass is 263 g/mol. The molecular formula is C7H6INO2. The second-order valence-corrected chi connectivity index (χ2v) is 3.10. The zero-order valence-electron chi connectivity index (χ0n) is 5.87. The largest absolute Gasteiger partial charge is 0.464 e. The summed E-state index contributed by atoms with van der Waals surface area (Å²) in [7, 11) is 1.34. The van der Waals surface area contributed by atoms with Gasteiger partial charge < -0.3 is 4.74 Å². The van der Waals surface area contributed by atoms with Gasteiger partial charge in [-0.15, -0.1) is 0 Å². The molecule has 0 aliphatic carbocycles. The first-order chi connectivity index (χ1) is 5.24. The molecule has 0 unspecified atom stereocenters. The lowest BCUT2D eigenvalue weighted by molar-refractivity contribution is 0.0594. The highest BCUT2D eigenvalue weighted by molar-refractivity contribution is 14.1. The summed E-state index contributed by atoms with van der Waals surface area (Å²) in [4.78, 5) is 14.7. The number of ether oxygens (including phenoxy) is 1. The fourth-order valence-electron chi connectivity index (χ4n) is 0.621. The Labute approximate surface area is 77.9 Å². The number of rotatable bonds is 1. The van der Waals surface area contributed by atoms with Crippen molar-refractivity contribution in [2.24, 2.45) is 0 Å². The number of hydrogen-bond acceptors (Lipinski definition) is 3. The highest BCUT2D eigenvalue weighted by Crippen LogP contribution is 2.05. The van der Waals surface area contributed by atoms with Crippen molar-refractivity contribution in [3.63, 3.8) is 0 Å². The van der Waals surface area contributed by atoms with Gasteiger partial charge >= 0.3 is 5.97 Å². The number of pyridine rings is 1. The van der Waals surface area contributed by atoms with Crippen molar-refractivity contribution >= 4 is 28.6 Å². The number of hydrogen-bond donors (Lipinski definition) is 0. The van der Waals surface area contributed by atoms with Gasteiger partial charge in [0, 0.05) is 9.77 Å². The van der Waals surface area contributed by atoms with Crippen LogP contribution in [0.1, 0.15) is 10.5 Å². The molecule has 0 N–H and O–H groups in total. The standard InChI is InChI=1S/C7H6INO2/c1-11-7(10)6-4-5(8)2-3-9-6/h2-4H,1H3. The molecule has 4 heteroatoms. The van der Waals surface area contributed by atoms with Gasteiger partial charge in [-0.05, 0) is 34.7 Å². The van der Waals surface area contributed by atoms with Crippen LogP contribution in [0.3, 0.4) is 0 Å². The van der Waals surface area contributed by atoms with Crippen molar-refractivity contribution in [1.82, 2.24) is 4.98 Å². The number of halogens is 1. The van der Waals surface area contributed by atoms with E-state index in [0.29, 0.717) is 5.69 Å². The molecule has 0 spiro atoms. The average Bonchev–Trinajstić information content (AvgIpc) is 2.03. The SMILES string of the molecule is COC(=O)c1cc(I)ccn1. The van der Waals surface area contributed by atoms with E-state index < -0.39 is 5.97 Å². The molecule has 0 atom stereocenters. The van der Waals surface area contributed by atoms with E-state index in [-0.39, 0.29) is 0 Å². The van der Waals surface area contributed by atoms with Gasteiger partial charge in [0.25, 0.3) is 0 Å². The van der Waals surface area contributed by atoms with E-state index in [1.54, 1.807) is 12.3 Å². The van der Waals surface area contributed by atoms with Crippen LogP contribution >= 0.6 is 22.6 Å². The molecule has 0 saturated carbocycles. The van der Waals surface area contributed by atoms with Crippen molar-refractivity contribution in [2.75, 3.05) is 7.11 Å². The van der Waals surface area contributed by atoms with Crippen molar-refractivity contribution < 1.29 is 9.53 Å². The summed E-state index contributed by atoms with van der Waals surface area (Å²) in [6, 6.07) is 3.49. The predicted octanol–water partition coefficient (Wildman–Crippen LogP) is 1.47. The maximum absolute atomic E-state index is 10.9. The zero-order chi connectivity index (χ0) is 8.27. The van der Waals surface area contributed by atoms with E-state index in [1.807, 2.05) is 6.07 Å². The third-order valence-electron chi connectivity index (χ3n) is 1.12. The van der Waals surface area contributed by atoms with Gasteiger partial charge in [0.05, 0.1) is 7.11 Å². The van der Waals surface area contributed by atoms with Crippen molar-refractivity contribution in [2.45, 2.75) is 0 Å². The minimum Gasteiger partial charge on any atom is -0.464 e. The van der Waals surface area contributed by atoms with Crippen LogP contribution in [0.25, 0.3) is 0 Å². The van der Waals surface area contributed by atoms with Gasteiger partial charge in [-0.1, -0.05) is 0 Å². The fourth-order valence-corrected chi connectivity index (χ4v) is 1.08. The van der Waals surface area contributed by atoms with Crippen molar-refractivity contribution in [3.05, 3.63) is 27.6 Å². The molecule has 0 fully saturated rings. The average molecular weight is 263 g/mol. The molecule has 0 bridgehead atoms. The van der Waals surface area contributed by atoms with Crippen LogP contribution < -0.4 is 0 Å². The minimum absolute atomic E-state index is 0.347. The maximum Gasteiger partial charge on any atom is 0.356 e. The third kappa shape index (κ3) is 2.14. The first kappa shape index (κ1) is 8.45. The molecule has 11 heavy (non-hydrogen) atoms. The lowest BCUT2D eigenvalue weighted by Crippen LogP contribution is -2.03. The highest BCUT2D eigenvalue weighted by atomic mass is 127. The second-order valence-electron chi connectivity index (χ2n) is 1.85. The Kier molecular flexibility index (Phi) is 2.81. The van der Waals surface area contributed by atoms with Gasteiger partial charge in [-0.25, -0.2) is 9.78 Å². The van der Waals surface area contributed by atoms with Crippen LogP contribution in [0.2, 0.25) is 0 Å². The van der Waals surface area contributed by atoms with E-state index in [2.05, 4.69) is 32.3 Å². The molecular weight excluding hydrogens is 257 g/mol. The number of methoxy groups -OCH3 is 1. The van der Waals surface area contributed by atoms with Crippen LogP contribution in [0.15, 0.2) is 18.3 Å².